The van der Waals surface area contributed by atoms with Crippen LogP contribution >= 0.6 is 11.3 Å². The van der Waals surface area contributed by atoms with Crippen LogP contribution in [0.25, 0.3) is 10.4 Å². The molecular weight excluding hydrogens is 318 g/mol. The van der Waals surface area contributed by atoms with Gasteiger partial charge < -0.3 is 10.4 Å². The van der Waals surface area contributed by atoms with Gasteiger partial charge in [-0.2, -0.15) is 0 Å². The molecule has 1 aromatic heterocycles. The predicted octanol–water partition coefficient (Wildman–Crippen LogP) is 4.66. The summed E-state index contributed by atoms with van der Waals surface area (Å²) < 4.78 is 0. The van der Waals surface area contributed by atoms with Crippen molar-refractivity contribution in [2.45, 2.75) is 46.6 Å². The molecule has 4 heteroatoms. The van der Waals surface area contributed by atoms with E-state index in [4.69, 9.17) is 0 Å². The lowest BCUT2D eigenvalue weighted by atomic mass is 9.76. The second-order valence-electron chi connectivity index (χ2n) is 7.54. The summed E-state index contributed by atoms with van der Waals surface area (Å²) in [6, 6.07) is 6.31. The molecule has 1 aliphatic carbocycles. The van der Waals surface area contributed by atoms with Gasteiger partial charge >= 0.3 is 5.97 Å². The van der Waals surface area contributed by atoms with Gasteiger partial charge in [0.05, 0.1) is 5.56 Å². The van der Waals surface area contributed by atoms with Crippen LogP contribution in [-0.4, -0.2) is 18.1 Å². The maximum Gasteiger partial charge on any atom is 0.337 e. The summed E-state index contributed by atoms with van der Waals surface area (Å²) in [5, 5.41) is 13.1. The van der Waals surface area contributed by atoms with Crippen LogP contribution in [0.3, 0.4) is 0 Å². The van der Waals surface area contributed by atoms with Crippen molar-refractivity contribution in [3.05, 3.63) is 45.3 Å². The van der Waals surface area contributed by atoms with Gasteiger partial charge in [0.2, 0.25) is 0 Å². The first-order valence-corrected chi connectivity index (χ1v) is 9.26. The third-order valence-corrected chi connectivity index (χ3v) is 6.19. The fourth-order valence-electron chi connectivity index (χ4n) is 3.62. The van der Waals surface area contributed by atoms with E-state index in [1.165, 1.54) is 10.4 Å². The lowest BCUT2D eigenvalue weighted by molar-refractivity contribution is 0.0696. The maximum absolute atomic E-state index is 12.1. The maximum atomic E-state index is 12.1. The quantitative estimate of drug-likeness (QED) is 0.849. The van der Waals surface area contributed by atoms with Crippen LogP contribution in [0.5, 0.6) is 0 Å². The average molecular weight is 343 g/mol. The minimum Gasteiger partial charge on any atom is -0.478 e. The fraction of sp³-hybridized carbons (Fsp3) is 0.450. The standard InChI is InChI=1S/C20H25NO2S/c1-12-5-6-14(13(9-12)11-21-4)18-17(19(22)23)15-10-20(2,3)8-7-16(15)24-18/h5-6,9,21H,7-8,10-11H2,1-4H3,(H,22,23). The van der Waals surface area contributed by atoms with E-state index in [9.17, 15) is 9.90 Å². The molecule has 3 nitrogen and oxygen atoms in total. The minimum absolute atomic E-state index is 0.177. The van der Waals surface area contributed by atoms with E-state index in [2.05, 4.69) is 44.3 Å². The van der Waals surface area contributed by atoms with Gasteiger partial charge in [0.1, 0.15) is 0 Å². The molecule has 0 amide bonds. The predicted molar refractivity (Wildman–Crippen MR) is 100 cm³/mol. The number of fused-ring (bicyclic) bond motifs is 1. The Hall–Kier alpha value is -1.65. The molecule has 1 heterocycles. The van der Waals surface area contributed by atoms with Crippen molar-refractivity contribution in [3.63, 3.8) is 0 Å². The topological polar surface area (TPSA) is 49.3 Å². The van der Waals surface area contributed by atoms with Gasteiger partial charge in [-0.25, -0.2) is 4.79 Å². The first-order chi connectivity index (χ1) is 11.3. The molecule has 0 unspecified atom stereocenters. The van der Waals surface area contributed by atoms with E-state index in [0.717, 1.165) is 47.4 Å². The van der Waals surface area contributed by atoms with E-state index >= 15 is 0 Å². The lowest BCUT2D eigenvalue weighted by Crippen LogP contribution is -2.22. The van der Waals surface area contributed by atoms with E-state index in [-0.39, 0.29) is 5.41 Å². The van der Waals surface area contributed by atoms with Gasteiger partial charge in [-0.15, -0.1) is 11.3 Å². The molecule has 128 valence electrons. The van der Waals surface area contributed by atoms with Gasteiger partial charge in [-0.1, -0.05) is 37.6 Å². The van der Waals surface area contributed by atoms with Crippen LogP contribution in [0.1, 0.15) is 52.2 Å². The van der Waals surface area contributed by atoms with Gasteiger partial charge in [0.15, 0.2) is 0 Å². The highest BCUT2D eigenvalue weighted by atomic mass is 32.1. The highest BCUT2D eigenvalue weighted by Gasteiger charge is 2.33. The smallest absolute Gasteiger partial charge is 0.337 e. The van der Waals surface area contributed by atoms with Crippen molar-refractivity contribution >= 4 is 17.3 Å². The van der Waals surface area contributed by atoms with Crippen LogP contribution in [0, 0.1) is 12.3 Å². The zero-order chi connectivity index (χ0) is 17.5. The molecule has 0 saturated heterocycles. The summed E-state index contributed by atoms with van der Waals surface area (Å²) in [7, 11) is 1.92. The number of hydrogen-bond acceptors (Lipinski definition) is 3. The summed E-state index contributed by atoms with van der Waals surface area (Å²) in [6.45, 7) is 7.28. The summed E-state index contributed by atoms with van der Waals surface area (Å²) in [4.78, 5) is 14.3. The van der Waals surface area contributed by atoms with Gasteiger partial charge in [0, 0.05) is 16.3 Å². The largest absolute Gasteiger partial charge is 0.478 e. The fourth-order valence-corrected chi connectivity index (χ4v) is 4.99. The molecule has 2 N–H and O–H groups in total. The van der Waals surface area contributed by atoms with E-state index in [1.807, 2.05) is 7.05 Å². The van der Waals surface area contributed by atoms with Crippen LogP contribution in [0.4, 0.5) is 0 Å². The van der Waals surface area contributed by atoms with Crippen molar-refractivity contribution in [2.75, 3.05) is 7.05 Å². The number of thiophene rings is 1. The summed E-state index contributed by atoms with van der Waals surface area (Å²) in [5.74, 6) is -0.795. The van der Waals surface area contributed by atoms with Gasteiger partial charge in [-0.3, -0.25) is 0 Å². The van der Waals surface area contributed by atoms with Crippen LogP contribution in [0.2, 0.25) is 0 Å². The minimum atomic E-state index is -0.795. The number of carboxylic acids is 1. The lowest BCUT2D eigenvalue weighted by Gasteiger charge is -2.29. The number of aromatic carboxylic acids is 1. The number of carbonyl (C=O) groups is 1. The molecular formula is C20H25NO2S. The average Bonchev–Trinajstić information content (AvgIpc) is 2.84. The Morgan fingerprint density at radius 1 is 1.38 bits per heavy atom. The monoisotopic (exact) mass is 343 g/mol. The second kappa shape index (κ2) is 6.34. The van der Waals surface area contributed by atoms with Crippen LogP contribution < -0.4 is 5.32 Å². The third-order valence-electron chi connectivity index (χ3n) is 4.86. The number of hydrogen-bond donors (Lipinski definition) is 2. The Morgan fingerprint density at radius 3 is 2.79 bits per heavy atom. The molecule has 24 heavy (non-hydrogen) atoms. The summed E-state index contributed by atoms with van der Waals surface area (Å²) in [6.07, 6.45) is 2.96. The van der Waals surface area contributed by atoms with E-state index in [0.29, 0.717) is 5.56 Å². The SMILES string of the molecule is CNCc1cc(C)ccc1-c1sc2c(c1C(=O)O)CC(C)(C)CC2. The zero-order valence-corrected chi connectivity index (χ0v) is 15.6. The van der Waals surface area contributed by atoms with Crippen molar-refractivity contribution in [2.24, 2.45) is 5.41 Å². The van der Waals surface area contributed by atoms with E-state index < -0.39 is 5.97 Å². The number of carboxylic acid groups (broad SMARTS) is 1. The van der Waals surface area contributed by atoms with Gasteiger partial charge in [-0.05, 0) is 55.3 Å². The Morgan fingerprint density at radius 2 is 2.12 bits per heavy atom. The number of benzene rings is 1. The van der Waals surface area contributed by atoms with Crippen molar-refractivity contribution in [3.8, 4) is 10.4 Å². The number of nitrogens with one attached hydrogen (secondary N) is 1. The Balaban J connectivity index is 2.20. The number of aryl methyl sites for hydroxylation is 2. The second-order valence-corrected chi connectivity index (χ2v) is 8.65. The van der Waals surface area contributed by atoms with Crippen molar-refractivity contribution < 1.29 is 9.90 Å². The molecule has 0 atom stereocenters. The highest BCUT2D eigenvalue weighted by molar-refractivity contribution is 7.16. The van der Waals surface area contributed by atoms with Crippen LogP contribution in [0.15, 0.2) is 18.2 Å². The molecule has 0 fully saturated rings. The number of rotatable bonds is 4. The Labute approximate surface area is 147 Å². The van der Waals surface area contributed by atoms with Gasteiger partial charge in [0.25, 0.3) is 0 Å². The molecule has 1 aromatic carbocycles. The first kappa shape index (κ1) is 17.2. The molecule has 3 rings (SSSR count). The normalized spacial score (nSPS) is 16.0. The third kappa shape index (κ3) is 3.13. The zero-order valence-electron chi connectivity index (χ0n) is 14.8. The van der Waals surface area contributed by atoms with Crippen molar-refractivity contribution in [1.82, 2.24) is 5.32 Å². The molecule has 0 aliphatic heterocycles. The van der Waals surface area contributed by atoms with Crippen molar-refractivity contribution in [1.29, 1.82) is 0 Å². The highest BCUT2D eigenvalue weighted by Crippen LogP contribution is 2.45. The summed E-state index contributed by atoms with van der Waals surface area (Å²) >= 11 is 1.68. The van der Waals surface area contributed by atoms with Crippen LogP contribution in [-0.2, 0) is 19.4 Å². The molecule has 0 spiro atoms. The first-order valence-electron chi connectivity index (χ1n) is 8.45. The molecule has 1 aliphatic rings. The molecule has 0 saturated carbocycles. The molecule has 0 bridgehead atoms. The summed E-state index contributed by atoms with van der Waals surface area (Å²) in [5.41, 5.74) is 5.20. The molecule has 0 radical (unpaired) electrons. The molecule has 2 aromatic rings. The Bertz CT molecular complexity index is 789. The van der Waals surface area contributed by atoms with E-state index in [1.54, 1.807) is 11.3 Å². The Kier molecular flexibility index (Phi) is 4.54.